The number of methoxy groups -OCH3 is 1. The first-order valence-corrected chi connectivity index (χ1v) is 10.3. The molecule has 0 fully saturated rings. The van der Waals surface area contributed by atoms with Gasteiger partial charge in [-0.1, -0.05) is 48.0 Å². The summed E-state index contributed by atoms with van der Waals surface area (Å²) < 4.78 is 5.16. The zero-order valence-corrected chi connectivity index (χ0v) is 18.0. The first-order valence-electron chi connectivity index (χ1n) is 9.97. The number of ether oxygens (including phenoxy) is 1. The molecule has 3 aromatic carbocycles. The van der Waals surface area contributed by atoms with E-state index in [4.69, 9.17) is 16.3 Å². The molecule has 32 heavy (non-hydrogen) atoms. The van der Waals surface area contributed by atoms with Crippen LogP contribution in [-0.2, 0) is 6.42 Å². The van der Waals surface area contributed by atoms with Crippen LogP contribution in [0.5, 0.6) is 5.75 Å². The van der Waals surface area contributed by atoms with Crippen molar-refractivity contribution in [3.63, 3.8) is 0 Å². The third-order valence-corrected chi connectivity index (χ3v) is 5.28. The average molecular weight is 449 g/mol. The van der Waals surface area contributed by atoms with E-state index in [0.29, 0.717) is 34.2 Å². The zero-order valence-electron chi connectivity index (χ0n) is 17.3. The summed E-state index contributed by atoms with van der Waals surface area (Å²) in [6.45, 7) is 0. The molecule has 0 aliphatic heterocycles. The highest BCUT2D eigenvalue weighted by atomic mass is 35.5. The van der Waals surface area contributed by atoms with Gasteiger partial charge in [0.2, 0.25) is 0 Å². The number of hydrazone groups is 1. The molecule has 1 aliphatic carbocycles. The third kappa shape index (κ3) is 4.90. The lowest BCUT2D eigenvalue weighted by molar-refractivity contribution is 0.0947. The first-order chi connectivity index (χ1) is 15.5. The Morgan fingerprint density at radius 2 is 1.84 bits per heavy atom. The van der Waals surface area contributed by atoms with Crippen molar-refractivity contribution in [3.8, 4) is 5.75 Å². The van der Waals surface area contributed by atoms with E-state index in [1.54, 1.807) is 55.6 Å². The SMILES string of the molecule is COc1cccc(NC(=O)N/N=C2\c3ccccc3CC2NC(=O)c2cccc(Cl)c2)c1. The number of carbonyl (C=O) groups excluding carboxylic acids is 2. The van der Waals surface area contributed by atoms with E-state index in [1.807, 2.05) is 24.3 Å². The van der Waals surface area contributed by atoms with E-state index in [-0.39, 0.29) is 5.91 Å². The number of amides is 3. The Hall–Kier alpha value is -3.84. The van der Waals surface area contributed by atoms with Crippen molar-refractivity contribution in [3.05, 3.63) is 94.5 Å². The second-order valence-electron chi connectivity index (χ2n) is 7.19. The topological polar surface area (TPSA) is 91.8 Å². The molecule has 4 rings (SSSR count). The number of carbonyl (C=O) groups is 2. The van der Waals surface area contributed by atoms with Gasteiger partial charge in [0.05, 0.1) is 18.9 Å². The minimum atomic E-state index is -0.505. The van der Waals surface area contributed by atoms with E-state index >= 15 is 0 Å². The number of hydrogen-bond donors (Lipinski definition) is 3. The fourth-order valence-corrected chi connectivity index (χ4v) is 3.74. The van der Waals surface area contributed by atoms with Gasteiger partial charge in [-0.15, -0.1) is 0 Å². The van der Waals surface area contributed by atoms with Crippen LogP contribution in [0.4, 0.5) is 10.5 Å². The van der Waals surface area contributed by atoms with Crippen LogP contribution in [0.3, 0.4) is 0 Å². The van der Waals surface area contributed by atoms with E-state index in [9.17, 15) is 9.59 Å². The Morgan fingerprint density at radius 1 is 1.03 bits per heavy atom. The van der Waals surface area contributed by atoms with Crippen molar-refractivity contribution in [2.75, 3.05) is 12.4 Å². The van der Waals surface area contributed by atoms with Crippen LogP contribution in [0, 0.1) is 0 Å². The van der Waals surface area contributed by atoms with Crippen molar-refractivity contribution in [1.29, 1.82) is 0 Å². The van der Waals surface area contributed by atoms with Crippen molar-refractivity contribution < 1.29 is 14.3 Å². The van der Waals surface area contributed by atoms with Gasteiger partial charge in [-0.2, -0.15) is 5.10 Å². The van der Waals surface area contributed by atoms with E-state index in [0.717, 1.165) is 11.1 Å². The van der Waals surface area contributed by atoms with Gasteiger partial charge in [0.1, 0.15) is 5.75 Å². The minimum Gasteiger partial charge on any atom is -0.497 e. The molecule has 0 spiro atoms. The van der Waals surface area contributed by atoms with Crippen LogP contribution < -0.4 is 20.8 Å². The Labute approximate surface area is 190 Å². The lowest BCUT2D eigenvalue weighted by Gasteiger charge is -2.14. The van der Waals surface area contributed by atoms with Gasteiger partial charge in [-0.05, 0) is 42.3 Å². The fourth-order valence-electron chi connectivity index (χ4n) is 3.55. The summed E-state index contributed by atoms with van der Waals surface area (Å²) in [7, 11) is 1.56. The van der Waals surface area contributed by atoms with Gasteiger partial charge in [0.15, 0.2) is 0 Å². The molecule has 0 saturated heterocycles. The summed E-state index contributed by atoms with van der Waals surface area (Å²) in [4.78, 5) is 25.1. The second kappa shape index (κ2) is 9.53. The monoisotopic (exact) mass is 448 g/mol. The van der Waals surface area contributed by atoms with Gasteiger partial charge < -0.3 is 15.4 Å². The number of nitrogens with zero attached hydrogens (tertiary/aromatic N) is 1. The number of benzene rings is 3. The quantitative estimate of drug-likeness (QED) is 0.510. The highest BCUT2D eigenvalue weighted by Gasteiger charge is 2.30. The van der Waals surface area contributed by atoms with E-state index in [2.05, 4.69) is 21.2 Å². The molecule has 7 nitrogen and oxygen atoms in total. The molecule has 3 N–H and O–H groups in total. The maximum Gasteiger partial charge on any atom is 0.339 e. The van der Waals surface area contributed by atoms with Crippen LogP contribution in [-0.4, -0.2) is 30.8 Å². The Kier molecular flexibility index (Phi) is 6.37. The number of rotatable bonds is 5. The average Bonchev–Trinajstić information content (AvgIpc) is 3.14. The number of anilines is 1. The van der Waals surface area contributed by atoms with Gasteiger partial charge in [-0.25, -0.2) is 10.2 Å². The fraction of sp³-hybridized carbons (Fsp3) is 0.125. The number of halogens is 1. The van der Waals surface area contributed by atoms with Crippen molar-refractivity contribution >= 4 is 34.9 Å². The van der Waals surface area contributed by atoms with Crippen LogP contribution in [0.25, 0.3) is 0 Å². The number of nitrogens with one attached hydrogen (secondary N) is 3. The molecule has 1 unspecified atom stereocenters. The molecule has 1 aliphatic rings. The van der Waals surface area contributed by atoms with Crippen LogP contribution in [0.1, 0.15) is 21.5 Å². The van der Waals surface area contributed by atoms with Gasteiger partial charge in [0.25, 0.3) is 5.91 Å². The highest BCUT2D eigenvalue weighted by molar-refractivity contribution is 6.31. The number of fused-ring (bicyclic) bond motifs is 1. The first kappa shape index (κ1) is 21.4. The Balaban J connectivity index is 1.51. The largest absolute Gasteiger partial charge is 0.497 e. The molecule has 0 heterocycles. The van der Waals surface area contributed by atoms with Crippen molar-refractivity contribution in [2.24, 2.45) is 5.10 Å². The van der Waals surface area contributed by atoms with Gasteiger partial charge in [-0.3, -0.25) is 4.79 Å². The maximum absolute atomic E-state index is 12.8. The molecule has 162 valence electrons. The molecule has 1 atom stereocenters. The molecule has 3 amide bonds. The summed E-state index contributed by atoms with van der Waals surface area (Å²) in [6.07, 6.45) is 0.570. The highest BCUT2D eigenvalue weighted by Crippen LogP contribution is 2.23. The molecule has 0 bridgehead atoms. The van der Waals surface area contributed by atoms with Gasteiger partial charge in [0, 0.05) is 27.9 Å². The van der Waals surface area contributed by atoms with Crippen molar-refractivity contribution in [2.45, 2.75) is 12.5 Å². The second-order valence-corrected chi connectivity index (χ2v) is 7.63. The molecular formula is C24H21ClN4O3. The van der Waals surface area contributed by atoms with E-state index < -0.39 is 12.1 Å². The van der Waals surface area contributed by atoms with Crippen LogP contribution in [0.15, 0.2) is 77.9 Å². The summed E-state index contributed by atoms with van der Waals surface area (Å²) in [5, 5.41) is 10.5. The summed E-state index contributed by atoms with van der Waals surface area (Å²) >= 11 is 6.01. The predicted molar refractivity (Wildman–Crippen MR) is 125 cm³/mol. The molecule has 8 heteroatoms. The Bertz CT molecular complexity index is 1200. The molecule has 3 aromatic rings. The molecule has 0 aromatic heterocycles. The summed E-state index contributed by atoms with van der Waals surface area (Å²) in [6, 6.07) is 20.6. The van der Waals surface area contributed by atoms with Crippen LogP contribution in [0.2, 0.25) is 5.02 Å². The number of urea groups is 1. The lowest BCUT2D eigenvalue weighted by Crippen LogP contribution is -2.40. The number of hydrogen-bond acceptors (Lipinski definition) is 4. The maximum atomic E-state index is 12.8. The predicted octanol–water partition coefficient (Wildman–Crippen LogP) is 4.23. The zero-order chi connectivity index (χ0) is 22.5. The summed E-state index contributed by atoms with van der Waals surface area (Å²) in [5.41, 5.74) is 6.05. The Morgan fingerprint density at radius 3 is 2.66 bits per heavy atom. The van der Waals surface area contributed by atoms with Gasteiger partial charge >= 0.3 is 6.03 Å². The lowest BCUT2D eigenvalue weighted by atomic mass is 10.1. The van der Waals surface area contributed by atoms with E-state index in [1.165, 1.54) is 0 Å². The molecular weight excluding hydrogens is 428 g/mol. The molecule has 0 radical (unpaired) electrons. The normalized spacial score (nSPS) is 15.7. The standard InChI is InChI=1S/C24H21ClN4O3/c1-32-19-10-5-9-18(14-19)26-24(31)29-28-22-20-11-3-2-6-15(20)13-21(22)27-23(30)16-7-4-8-17(25)12-16/h2-12,14,21H,13H2,1H3,(H,27,30)(H2,26,29,31)/b28-22+. The summed E-state index contributed by atoms with van der Waals surface area (Å²) in [5.74, 6) is 0.362. The van der Waals surface area contributed by atoms with Crippen LogP contribution >= 0.6 is 11.6 Å². The smallest absolute Gasteiger partial charge is 0.339 e. The minimum absolute atomic E-state index is 0.265. The molecule has 0 saturated carbocycles. The van der Waals surface area contributed by atoms with Crippen molar-refractivity contribution in [1.82, 2.24) is 10.7 Å². The third-order valence-electron chi connectivity index (χ3n) is 5.05.